The van der Waals surface area contributed by atoms with Gasteiger partial charge in [-0.2, -0.15) is 0 Å². The van der Waals surface area contributed by atoms with Crippen molar-refractivity contribution in [2.75, 3.05) is 6.54 Å². The van der Waals surface area contributed by atoms with E-state index in [4.69, 9.17) is 23.2 Å². The van der Waals surface area contributed by atoms with Crippen LogP contribution in [0, 0.1) is 0 Å². The van der Waals surface area contributed by atoms with E-state index < -0.39 is 0 Å². The Morgan fingerprint density at radius 2 is 1.95 bits per heavy atom. The highest BCUT2D eigenvalue weighted by Gasteiger charge is 2.18. The Labute approximate surface area is 126 Å². The minimum absolute atomic E-state index is 0.364. The number of likely N-dealkylation sites (N-methyl/N-ethyl adjacent to an activating group) is 1. The lowest BCUT2D eigenvalue weighted by Gasteiger charge is -2.25. The maximum absolute atomic E-state index is 6.28. The van der Waals surface area contributed by atoms with Gasteiger partial charge < -0.3 is 5.32 Å². The van der Waals surface area contributed by atoms with Gasteiger partial charge in [-0.25, -0.2) is 0 Å². The van der Waals surface area contributed by atoms with Crippen LogP contribution in [0.3, 0.4) is 0 Å². The lowest BCUT2D eigenvalue weighted by molar-refractivity contribution is 0.541. The zero-order chi connectivity index (χ0) is 13.7. The van der Waals surface area contributed by atoms with Gasteiger partial charge in [0.15, 0.2) is 0 Å². The molecular weight excluding hydrogens is 277 g/mol. The molecule has 0 amide bonds. The van der Waals surface area contributed by atoms with Gasteiger partial charge in [0.2, 0.25) is 0 Å². The highest BCUT2D eigenvalue weighted by molar-refractivity contribution is 6.36. The standard InChI is InChI=1S/C16H21Cl2N/c1-2-19-16(12-7-4-3-5-8-12)11-13-14(17)9-6-10-15(13)18/h6-7,9-10,16,19H,2-5,8,11H2,1H3. The molecule has 0 saturated heterocycles. The lowest BCUT2D eigenvalue weighted by Crippen LogP contribution is -2.33. The van der Waals surface area contributed by atoms with Crippen molar-refractivity contribution >= 4 is 23.2 Å². The summed E-state index contributed by atoms with van der Waals surface area (Å²) in [7, 11) is 0. The molecule has 1 aliphatic carbocycles. The zero-order valence-electron chi connectivity index (χ0n) is 11.4. The third-order valence-electron chi connectivity index (χ3n) is 3.69. The molecule has 0 aromatic heterocycles. The highest BCUT2D eigenvalue weighted by Crippen LogP contribution is 2.29. The van der Waals surface area contributed by atoms with Crippen LogP contribution in [-0.2, 0) is 6.42 Å². The molecule has 1 aromatic carbocycles. The molecule has 3 heteroatoms. The quantitative estimate of drug-likeness (QED) is 0.753. The summed E-state index contributed by atoms with van der Waals surface area (Å²) < 4.78 is 0. The Balaban J connectivity index is 2.18. The first kappa shape index (κ1) is 14.9. The molecule has 0 aliphatic heterocycles. The van der Waals surface area contributed by atoms with Crippen molar-refractivity contribution in [3.05, 3.63) is 45.5 Å². The maximum atomic E-state index is 6.28. The molecule has 19 heavy (non-hydrogen) atoms. The van der Waals surface area contributed by atoms with Crippen molar-refractivity contribution < 1.29 is 0 Å². The Morgan fingerprint density at radius 1 is 1.21 bits per heavy atom. The van der Waals surface area contributed by atoms with Crippen molar-refractivity contribution in [1.82, 2.24) is 5.32 Å². The average Bonchev–Trinajstić information content (AvgIpc) is 2.43. The van der Waals surface area contributed by atoms with Crippen LogP contribution in [0.1, 0.15) is 38.2 Å². The molecule has 2 rings (SSSR count). The van der Waals surface area contributed by atoms with Crippen molar-refractivity contribution in [3.63, 3.8) is 0 Å². The third kappa shape index (κ3) is 3.98. The van der Waals surface area contributed by atoms with Crippen LogP contribution in [0.4, 0.5) is 0 Å². The summed E-state index contributed by atoms with van der Waals surface area (Å²) in [6, 6.07) is 6.10. The van der Waals surface area contributed by atoms with Crippen LogP contribution in [-0.4, -0.2) is 12.6 Å². The van der Waals surface area contributed by atoms with E-state index in [0.29, 0.717) is 6.04 Å². The Morgan fingerprint density at radius 3 is 2.53 bits per heavy atom. The molecule has 1 aromatic rings. The van der Waals surface area contributed by atoms with E-state index in [1.54, 1.807) is 0 Å². The molecule has 0 saturated carbocycles. The van der Waals surface area contributed by atoms with E-state index in [9.17, 15) is 0 Å². The number of nitrogens with one attached hydrogen (secondary N) is 1. The summed E-state index contributed by atoms with van der Waals surface area (Å²) >= 11 is 12.6. The number of halogens is 2. The van der Waals surface area contributed by atoms with E-state index in [2.05, 4.69) is 18.3 Å². The maximum Gasteiger partial charge on any atom is 0.0453 e. The molecule has 1 atom stereocenters. The molecule has 1 N–H and O–H groups in total. The van der Waals surface area contributed by atoms with Crippen LogP contribution >= 0.6 is 23.2 Å². The SMILES string of the molecule is CCNC(Cc1c(Cl)cccc1Cl)C1=CCCCC1. The van der Waals surface area contributed by atoms with Crippen molar-refractivity contribution in [3.8, 4) is 0 Å². The van der Waals surface area contributed by atoms with Crippen LogP contribution < -0.4 is 5.32 Å². The Bertz CT molecular complexity index is 434. The van der Waals surface area contributed by atoms with Crippen LogP contribution in [0.25, 0.3) is 0 Å². The third-order valence-corrected chi connectivity index (χ3v) is 4.40. The van der Waals surface area contributed by atoms with E-state index in [1.165, 1.54) is 31.3 Å². The van der Waals surface area contributed by atoms with Gasteiger partial charge in [-0.1, -0.05) is 47.8 Å². The van der Waals surface area contributed by atoms with Gasteiger partial charge in [0.1, 0.15) is 0 Å². The van der Waals surface area contributed by atoms with E-state index in [0.717, 1.165) is 28.6 Å². The smallest absolute Gasteiger partial charge is 0.0453 e. The molecule has 1 aliphatic rings. The summed E-state index contributed by atoms with van der Waals surface area (Å²) in [4.78, 5) is 0. The first-order valence-corrected chi connectivity index (χ1v) is 7.83. The van der Waals surface area contributed by atoms with Gasteiger partial charge in [0.25, 0.3) is 0 Å². The summed E-state index contributed by atoms with van der Waals surface area (Å²) in [5.41, 5.74) is 2.58. The minimum atomic E-state index is 0.364. The van der Waals surface area contributed by atoms with Crippen LogP contribution in [0.2, 0.25) is 10.0 Å². The largest absolute Gasteiger partial charge is 0.310 e. The summed E-state index contributed by atoms with van der Waals surface area (Å²) in [6.07, 6.45) is 8.27. The first-order chi connectivity index (χ1) is 9.22. The molecule has 0 fully saturated rings. The zero-order valence-corrected chi connectivity index (χ0v) is 12.9. The fourth-order valence-electron chi connectivity index (χ4n) is 2.69. The Hall–Kier alpha value is -0.500. The molecule has 0 spiro atoms. The second-order valence-electron chi connectivity index (χ2n) is 5.04. The lowest BCUT2D eigenvalue weighted by atomic mass is 9.90. The molecule has 1 nitrogen and oxygen atoms in total. The minimum Gasteiger partial charge on any atom is -0.310 e. The van der Waals surface area contributed by atoms with Gasteiger partial charge in [0, 0.05) is 16.1 Å². The molecule has 0 radical (unpaired) electrons. The highest BCUT2D eigenvalue weighted by atomic mass is 35.5. The molecule has 0 bridgehead atoms. The number of hydrogen-bond acceptors (Lipinski definition) is 1. The van der Waals surface area contributed by atoms with Gasteiger partial charge >= 0.3 is 0 Å². The second-order valence-corrected chi connectivity index (χ2v) is 5.85. The number of allylic oxidation sites excluding steroid dienone is 1. The summed E-state index contributed by atoms with van der Waals surface area (Å²) in [5, 5.41) is 5.11. The van der Waals surface area contributed by atoms with E-state index in [1.807, 2.05) is 18.2 Å². The molecule has 104 valence electrons. The van der Waals surface area contributed by atoms with E-state index in [-0.39, 0.29) is 0 Å². The Kier molecular flexibility index (Phi) is 5.75. The summed E-state index contributed by atoms with van der Waals surface area (Å²) in [6.45, 7) is 3.11. The normalized spacial score (nSPS) is 17.1. The second kappa shape index (κ2) is 7.33. The monoisotopic (exact) mass is 297 g/mol. The summed E-state index contributed by atoms with van der Waals surface area (Å²) in [5.74, 6) is 0. The van der Waals surface area contributed by atoms with Gasteiger partial charge in [-0.3, -0.25) is 0 Å². The molecule has 1 unspecified atom stereocenters. The predicted octanol–water partition coefficient (Wildman–Crippen LogP) is 5.01. The van der Waals surface area contributed by atoms with Gasteiger partial charge in [-0.15, -0.1) is 0 Å². The van der Waals surface area contributed by atoms with Crippen molar-refractivity contribution in [1.29, 1.82) is 0 Å². The van der Waals surface area contributed by atoms with Crippen molar-refractivity contribution in [2.45, 2.75) is 45.1 Å². The predicted molar refractivity (Wildman–Crippen MR) is 84.2 cm³/mol. The van der Waals surface area contributed by atoms with Gasteiger partial charge in [0.05, 0.1) is 0 Å². The number of rotatable bonds is 5. The number of hydrogen-bond donors (Lipinski definition) is 1. The molecule has 0 heterocycles. The van der Waals surface area contributed by atoms with Crippen molar-refractivity contribution in [2.24, 2.45) is 0 Å². The fourth-order valence-corrected chi connectivity index (χ4v) is 3.24. The number of benzene rings is 1. The first-order valence-electron chi connectivity index (χ1n) is 7.07. The van der Waals surface area contributed by atoms with Crippen LogP contribution in [0.5, 0.6) is 0 Å². The topological polar surface area (TPSA) is 12.0 Å². The average molecular weight is 298 g/mol. The fraction of sp³-hybridized carbons (Fsp3) is 0.500. The molecular formula is C16H21Cl2N. The van der Waals surface area contributed by atoms with Crippen LogP contribution in [0.15, 0.2) is 29.8 Å². The van der Waals surface area contributed by atoms with E-state index >= 15 is 0 Å². The van der Waals surface area contributed by atoms with Gasteiger partial charge in [-0.05, 0) is 56.3 Å².